The van der Waals surface area contributed by atoms with Crippen LogP contribution in [0, 0.1) is 0 Å². The molecule has 0 aliphatic carbocycles. The molecule has 0 radical (unpaired) electrons. The van der Waals surface area contributed by atoms with Gasteiger partial charge in [0.25, 0.3) is 0 Å². The number of ether oxygens (including phenoxy) is 1. The minimum Gasteiger partial charge on any atom is -0.494 e. The van der Waals surface area contributed by atoms with Gasteiger partial charge in [-0.3, -0.25) is 4.79 Å². The molecule has 0 aromatic heterocycles. The molecule has 138 valence electrons. The van der Waals surface area contributed by atoms with E-state index in [0.717, 1.165) is 22.0 Å². The van der Waals surface area contributed by atoms with Crippen molar-refractivity contribution in [2.75, 3.05) is 20.7 Å². The van der Waals surface area contributed by atoms with Gasteiger partial charge in [0.15, 0.2) is 5.78 Å². The molecule has 0 spiro atoms. The number of hydrogen-bond acceptors (Lipinski definition) is 4. The lowest BCUT2D eigenvalue weighted by atomic mass is 10.1. The number of ketones is 1. The molecule has 0 saturated carbocycles. The maximum Gasteiger partial charge on any atom is 0.242 e. The average Bonchev–Trinajstić information content (AvgIpc) is 2.65. The zero-order chi connectivity index (χ0) is 19.2. The maximum absolute atomic E-state index is 12.2. The Labute approximate surface area is 155 Å². The van der Waals surface area contributed by atoms with Gasteiger partial charge in [0.1, 0.15) is 5.75 Å². The number of sulfonamides is 1. The van der Waals surface area contributed by atoms with Crippen molar-refractivity contribution >= 4 is 21.9 Å². The Morgan fingerprint density at radius 1 is 1.04 bits per heavy atom. The van der Waals surface area contributed by atoms with Gasteiger partial charge in [-0.25, -0.2) is 12.7 Å². The van der Waals surface area contributed by atoms with Crippen LogP contribution in [0.25, 0.3) is 6.08 Å². The van der Waals surface area contributed by atoms with E-state index in [1.165, 1.54) is 44.4 Å². The molecule has 0 fully saturated rings. The Morgan fingerprint density at radius 3 is 2.19 bits per heavy atom. The third kappa shape index (κ3) is 5.03. The highest BCUT2D eigenvalue weighted by molar-refractivity contribution is 7.89. The number of rotatable bonds is 8. The van der Waals surface area contributed by atoms with Gasteiger partial charge in [-0.05, 0) is 54.5 Å². The summed E-state index contributed by atoms with van der Waals surface area (Å²) in [5.74, 6) is 0.609. The molecule has 0 heterocycles. The number of allylic oxidation sites excluding steroid dienone is 1. The first-order valence-corrected chi connectivity index (χ1v) is 9.76. The van der Waals surface area contributed by atoms with E-state index in [4.69, 9.17) is 4.74 Å². The van der Waals surface area contributed by atoms with Crippen LogP contribution in [-0.4, -0.2) is 39.2 Å². The summed E-state index contributed by atoms with van der Waals surface area (Å²) in [7, 11) is -0.557. The number of carbonyl (C=O) groups is 1. The first kappa shape index (κ1) is 19.9. The molecule has 26 heavy (non-hydrogen) atoms. The number of carbonyl (C=O) groups excluding carboxylic acids is 1. The summed E-state index contributed by atoms with van der Waals surface area (Å²) < 4.78 is 30.7. The van der Waals surface area contributed by atoms with Crippen molar-refractivity contribution in [2.24, 2.45) is 0 Å². The normalized spacial score (nSPS) is 11.8. The fourth-order valence-electron chi connectivity index (χ4n) is 2.17. The van der Waals surface area contributed by atoms with Crippen LogP contribution < -0.4 is 4.74 Å². The first-order valence-electron chi connectivity index (χ1n) is 8.32. The Morgan fingerprint density at radius 2 is 1.65 bits per heavy atom. The fourth-order valence-corrected chi connectivity index (χ4v) is 3.07. The fraction of sp³-hybridized carbons (Fsp3) is 0.250. The van der Waals surface area contributed by atoms with E-state index >= 15 is 0 Å². The molecule has 2 aromatic carbocycles. The highest BCUT2D eigenvalue weighted by Crippen LogP contribution is 2.16. The van der Waals surface area contributed by atoms with Crippen molar-refractivity contribution in [3.05, 3.63) is 65.7 Å². The molecule has 0 aliphatic heterocycles. The molecule has 0 bridgehead atoms. The SMILES string of the molecule is CCCOc1ccc(C=CC(=O)c2ccc(S(=O)(=O)N(C)C)cc2)cc1. The molecule has 0 saturated heterocycles. The standard InChI is InChI=1S/C20H23NO4S/c1-4-15-25-18-10-5-16(6-11-18)7-14-20(22)17-8-12-19(13-9-17)26(23,24)21(2)3/h5-14H,4,15H2,1-3H3. The highest BCUT2D eigenvalue weighted by atomic mass is 32.2. The summed E-state index contributed by atoms with van der Waals surface area (Å²) in [6, 6.07) is 13.4. The second-order valence-corrected chi connectivity index (χ2v) is 8.08. The van der Waals surface area contributed by atoms with E-state index < -0.39 is 10.0 Å². The van der Waals surface area contributed by atoms with Crippen molar-refractivity contribution in [3.63, 3.8) is 0 Å². The van der Waals surface area contributed by atoms with Gasteiger partial charge in [-0.15, -0.1) is 0 Å². The Kier molecular flexibility index (Phi) is 6.71. The van der Waals surface area contributed by atoms with Crippen LogP contribution >= 0.6 is 0 Å². The van der Waals surface area contributed by atoms with Crippen LogP contribution in [0.4, 0.5) is 0 Å². The molecule has 0 aliphatic rings. The Bertz CT molecular complexity index is 867. The van der Waals surface area contributed by atoms with Crippen molar-refractivity contribution in [1.82, 2.24) is 4.31 Å². The monoisotopic (exact) mass is 373 g/mol. The number of nitrogens with zero attached hydrogens (tertiary/aromatic N) is 1. The van der Waals surface area contributed by atoms with Gasteiger partial charge in [0, 0.05) is 19.7 Å². The molecule has 0 N–H and O–H groups in total. The van der Waals surface area contributed by atoms with Crippen LogP contribution in [-0.2, 0) is 10.0 Å². The summed E-state index contributed by atoms with van der Waals surface area (Å²) in [6.45, 7) is 2.72. The highest BCUT2D eigenvalue weighted by Gasteiger charge is 2.17. The Balaban J connectivity index is 2.06. The Hall–Kier alpha value is -2.44. The first-order chi connectivity index (χ1) is 12.3. The molecule has 6 heteroatoms. The van der Waals surface area contributed by atoms with E-state index in [0.29, 0.717) is 12.2 Å². The van der Waals surface area contributed by atoms with Gasteiger partial charge >= 0.3 is 0 Å². The summed E-state index contributed by atoms with van der Waals surface area (Å²) >= 11 is 0. The van der Waals surface area contributed by atoms with E-state index in [9.17, 15) is 13.2 Å². The quantitative estimate of drug-likeness (QED) is 0.524. The van der Waals surface area contributed by atoms with Crippen LogP contribution in [0.15, 0.2) is 59.5 Å². The second-order valence-electron chi connectivity index (χ2n) is 5.93. The summed E-state index contributed by atoms with van der Waals surface area (Å²) in [4.78, 5) is 12.4. The smallest absolute Gasteiger partial charge is 0.242 e. The predicted molar refractivity (Wildman–Crippen MR) is 103 cm³/mol. The van der Waals surface area contributed by atoms with Gasteiger partial charge in [0.2, 0.25) is 10.0 Å². The van der Waals surface area contributed by atoms with Crippen LogP contribution in [0.3, 0.4) is 0 Å². The van der Waals surface area contributed by atoms with Crippen LogP contribution in [0.1, 0.15) is 29.3 Å². The molecule has 0 unspecified atom stereocenters. The van der Waals surface area contributed by atoms with Gasteiger partial charge in [0.05, 0.1) is 11.5 Å². The molecular weight excluding hydrogens is 350 g/mol. The second kappa shape index (κ2) is 8.78. The van der Waals surface area contributed by atoms with Gasteiger partial charge in [-0.2, -0.15) is 0 Å². The van der Waals surface area contributed by atoms with Crippen molar-refractivity contribution in [2.45, 2.75) is 18.2 Å². The van der Waals surface area contributed by atoms with E-state index in [1.807, 2.05) is 31.2 Å². The predicted octanol–water partition coefficient (Wildman–Crippen LogP) is 3.62. The van der Waals surface area contributed by atoms with E-state index in [-0.39, 0.29) is 10.7 Å². The number of hydrogen-bond donors (Lipinski definition) is 0. The van der Waals surface area contributed by atoms with Gasteiger partial charge in [-0.1, -0.05) is 25.1 Å². The van der Waals surface area contributed by atoms with Crippen molar-refractivity contribution in [3.8, 4) is 5.75 Å². The minimum atomic E-state index is -3.49. The largest absolute Gasteiger partial charge is 0.494 e. The number of benzene rings is 2. The lowest BCUT2D eigenvalue weighted by Gasteiger charge is -2.11. The van der Waals surface area contributed by atoms with Crippen LogP contribution in [0.5, 0.6) is 5.75 Å². The molecule has 0 atom stereocenters. The topological polar surface area (TPSA) is 63.7 Å². The summed E-state index contributed by atoms with van der Waals surface area (Å²) in [5.41, 5.74) is 1.32. The zero-order valence-corrected chi connectivity index (χ0v) is 16.0. The molecule has 2 rings (SSSR count). The minimum absolute atomic E-state index is 0.158. The third-order valence-corrected chi connectivity index (χ3v) is 5.53. The molecule has 2 aromatic rings. The maximum atomic E-state index is 12.2. The third-order valence-electron chi connectivity index (χ3n) is 3.70. The lowest BCUT2D eigenvalue weighted by molar-refractivity contribution is 0.104. The lowest BCUT2D eigenvalue weighted by Crippen LogP contribution is -2.22. The summed E-state index contributed by atoms with van der Waals surface area (Å²) in [6.07, 6.45) is 4.14. The van der Waals surface area contributed by atoms with Crippen LogP contribution in [0.2, 0.25) is 0 Å². The zero-order valence-electron chi connectivity index (χ0n) is 15.2. The van der Waals surface area contributed by atoms with E-state index in [1.54, 1.807) is 6.08 Å². The molecular formula is C20H23NO4S. The van der Waals surface area contributed by atoms with Crippen molar-refractivity contribution in [1.29, 1.82) is 0 Å². The summed E-state index contributed by atoms with van der Waals surface area (Å²) in [5, 5.41) is 0. The van der Waals surface area contributed by atoms with E-state index in [2.05, 4.69) is 0 Å². The molecule has 5 nitrogen and oxygen atoms in total. The van der Waals surface area contributed by atoms with Crippen molar-refractivity contribution < 1.29 is 17.9 Å². The molecule has 0 amide bonds. The van der Waals surface area contributed by atoms with Gasteiger partial charge < -0.3 is 4.74 Å². The average molecular weight is 373 g/mol.